The van der Waals surface area contributed by atoms with Crippen molar-refractivity contribution in [2.75, 3.05) is 6.54 Å². The maximum Gasteiger partial charge on any atom is 0.308 e. The minimum atomic E-state index is -0.752. The van der Waals surface area contributed by atoms with Crippen LogP contribution in [-0.2, 0) is 9.59 Å². The Morgan fingerprint density at radius 1 is 1.40 bits per heavy atom. The number of carboxylic acids is 1. The second-order valence-electron chi connectivity index (χ2n) is 5.21. The predicted octanol–water partition coefficient (Wildman–Crippen LogP) is 0.862. The van der Waals surface area contributed by atoms with E-state index in [2.05, 4.69) is 0 Å². The lowest BCUT2D eigenvalue weighted by Crippen LogP contribution is -2.45. The summed E-state index contributed by atoms with van der Waals surface area (Å²) in [6.45, 7) is 0.445. The average Bonchev–Trinajstić information content (AvgIpc) is 2.91. The van der Waals surface area contributed by atoms with E-state index in [1.807, 2.05) is 4.90 Å². The fraction of sp³-hybridized carbons (Fsp3) is 0.818. The number of amides is 1. The lowest BCUT2D eigenvalue weighted by atomic mass is 9.86. The molecule has 15 heavy (non-hydrogen) atoms. The number of carbonyl (C=O) groups is 2. The number of nitrogens with zero attached hydrogens (tertiary/aromatic N) is 1. The molecule has 0 radical (unpaired) electrons. The molecule has 2 aliphatic heterocycles. The van der Waals surface area contributed by atoms with Crippen molar-refractivity contribution >= 4 is 11.9 Å². The SMILES string of the molecule is O=C(O)[C@@H]1CC[C@@H]2N(C1)C(=O)CC21CC1. The lowest BCUT2D eigenvalue weighted by Gasteiger charge is -2.35. The highest BCUT2D eigenvalue weighted by molar-refractivity contribution is 5.82. The summed E-state index contributed by atoms with van der Waals surface area (Å²) in [7, 11) is 0. The van der Waals surface area contributed by atoms with Crippen LogP contribution in [0, 0.1) is 11.3 Å². The maximum atomic E-state index is 11.8. The molecule has 0 aromatic rings. The summed E-state index contributed by atoms with van der Waals surface area (Å²) < 4.78 is 0. The van der Waals surface area contributed by atoms with E-state index in [0.29, 0.717) is 19.0 Å². The zero-order valence-electron chi connectivity index (χ0n) is 8.61. The van der Waals surface area contributed by atoms with Crippen LogP contribution in [0.15, 0.2) is 0 Å². The number of piperidine rings is 1. The van der Waals surface area contributed by atoms with Crippen molar-refractivity contribution in [3.05, 3.63) is 0 Å². The van der Waals surface area contributed by atoms with Gasteiger partial charge >= 0.3 is 5.97 Å². The van der Waals surface area contributed by atoms with Crippen LogP contribution in [0.2, 0.25) is 0 Å². The third-order valence-corrected chi connectivity index (χ3v) is 4.35. The molecule has 1 aliphatic carbocycles. The minimum absolute atomic E-state index is 0.184. The normalized spacial score (nSPS) is 36.8. The van der Waals surface area contributed by atoms with Gasteiger partial charge in [-0.05, 0) is 31.1 Å². The first-order valence-corrected chi connectivity index (χ1v) is 5.65. The highest BCUT2D eigenvalue weighted by Crippen LogP contribution is 2.59. The van der Waals surface area contributed by atoms with E-state index in [4.69, 9.17) is 5.11 Å². The summed E-state index contributed by atoms with van der Waals surface area (Å²) in [6, 6.07) is 0.362. The minimum Gasteiger partial charge on any atom is -0.481 e. The summed E-state index contributed by atoms with van der Waals surface area (Å²) in [6.07, 6.45) is 4.63. The molecule has 82 valence electrons. The van der Waals surface area contributed by atoms with Gasteiger partial charge in [-0.15, -0.1) is 0 Å². The molecule has 4 nitrogen and oxygen atoms in total. The smallest absolute Gasteiger partial charge is 0.308 e. The van der Waals surface area contributed by atoms with Crippen molar-refractivity contribution in [1.29, 1.82) is 0 Å². The number of aliphatic carboxylic acids is 1. The van der Waals surface area contributed by atoms with Gasteiger partial charge in [-0.25, -0.2) is 0 Å². The number of carbonyl (C=O) groups excluding carboxylic acids is 1. The number of rotatable bonds is 1. The topological polar surface area (TPSA) is 57.6 Å². The van der Waals surface area contributed by atoms with Crippen LogP contribution in [0.5, 0.6) is 0 Å². The van der Waals surface area contributed by atoms with Gasteiger partial charge in [-0.1, -0.05) is 0 Å². The zero-order valence-corrected chi connectivity index (χ0v) is 8.61. The first-order valence-electron chi connectivity index (χ1n) is 5.65. The van der Waals surface area contributed by atoms with E-state index in [0.717, 1.165) is 25.7 Å². The first-order chi connectivity index (χ1) is 7.12. The number of hydrogen-bond acceptors (Lipinski definition) is 2. The van der Waals surface area contributed by atoms with E-state index in [1.54, 1.807) is 0 Å². The molecule has 3 rings (SSSR count). The van der Waals surface area contributed by atoms with Crippen LogP contribution in [0.25, 0.3) is 0 Å². The van der Waals surface area contributed by atoms with Crippen LogP contribution >= 0.6 is 0 Å². The summed E-state index contributed by atoms with van der Waals surface area (Å²) in [4.78, 5) is 24.5. The van der Waals surface area contributed by atoms with Crippen molar-refractivity contribution in [2.24, 2.45) is 11.3 Å². The van der Waals surface area contributed by atoms with Crippen molar-refractivity contribution in [1.82, 2.24) is 4.90 Å². The summed E-state index contributed by atoms with van der Waals surface area (Å²) >= 11 is 0. The van der Waals surface area contributed by atoms with Crippen molar-refractivity contribution in [3.8, 4) is 0 Å². The fourth-order valence-corrected chi connectivity index (χ4v) is 3.28. The molecule has 4 heteroatoms. The maximum absolute atomic E-state index is 11.8. The second-order valence-corrected chi connectivity index (χ2v) is 5.21. The van der Waals surface area contributed by atoms with Crippen LogP contribution in [0.1, 0.15) is 32.1 Å². The second kappa shape index (κ2) is 2.74. The predicted molar refractivity (Wildman–Crippen MR) is 52.1 cm³/mol. The average molecular weight is 209 g/mol. The van der Waals surface area contributed by atoms with Gasteiger partial charge in [-0.2, -0.15) is 0 Å². The van der Waals surface area contributed by atoms with E-state index >= 15 is 0 Å². The Hall–Kier alpha value is -1.06. The Balaban J connectivity index is 1.80. The van der Waals surface area contributed by atoms with Gasteiger partial charge in [0.15, 0.2) is 0 Å². The van der Waals surface area contributed by atoms with Gasteiger partial charge in [0.1, 0.15) is 0 Å². The van der Waals surface area contributed by atoms with Crippen molar-refractivity contribution in [2.45, 2.75) is 38.1 Å². The van der Waals surface area contributed by atoms with Gasteiger partial charge in [0, 0.05) is 19.0 Å². The Labute approximate surface area is 88.2 Å². The molecule has 0 aromatic heterocycles. The number of fused-ring (bicyclic) bond motifs is 2. The van der Waals surface area contributed by atoms with E-state index in [9.17, 15) is 9.59 Å². The summed E-state index contributed by atoms with van der Waals surface area (Å²) in [5.41, 5.74) is 0.264. The first kappa shape index (κ1) is 9.19. The van der Waals surface area contributed by atoms with Gasteiger partial charge in [0.2, 0.25) is 5.91 Å². The molecule has 2 heterocycles. The molecule has 0 unspecified atom stereocenters. The van der Waals surface area contributed by atoms with E-state index in [1.165, 1.54) is 0 Å². The molecule has 0 bridgehead atoms. The molecular formula is C11H15NO3. The van der Waals surface area contributed by atoms with Crippen LogP contribution in [-0.4, -0.2) is 34.5 Å². The fourth-order valence-electron chi connectivity index (χ4n) is 3.28. The molecule has 3 fully saturated rings. The zero-order chi connectivity index (χ0) is 10.6. The van der Waals surface area contributed by atoms with Crippen molar-refractivity contribution in [3.63, 3.8) is 0 Å². The standard InChI is InChI=1S/C11H15NO3/c13-9-5-11(3-4-11)8-2-1-7(10(14)15)6-12(8)9/h7-8H,1-6H2,(H,14,15)/t7-,8+/m1/s1. The lowest BCUT2D eigenvalue weighted by molar-refractivity contribution is -0.145. The van der Waals surface area contributed by atoms with Gasteiger partial charge in [-0.3, -0.25) is 9.59 Å². The molecule has 1 spiro atoms. The number of hydrogen-bond donors (Lipinski definition) is 1. The molecule has 1 amide bonds. The monoisotopic (exact) mass is 209 g/mol. The molecule has 1 N–H and O–H groups in total. The third kappa shape index (κ3) is 1.20. The van der Waals surface area contributed by atoms with E-state index in [-0.39, 0.29) is 17.2 Å². The Morgan fingerprint density at radius 3 is 2.73 bits per heavy atom. The Bertz CT molecular complexity index is 335. The quantitative estimate of drug-likeness (QED) is 0.697. The van der Waals surface area contributed by atoms with Gasteiger partial charge < -0.3 is 10.0 Å². The molecule has 2 saturated heterocycles. The highest BCUT2D eigenvalue weighted by Gasteiger charge is 2.60. The van der Waals surface area contributed by atoms with Crippen LogP contribution < -0.4 is 0 Å². The molecule has 0 aromatic carbocycles. The largest absolute Gasteiger partial charge is 0.481 e. The third-order valence-electron chi connectivity index (χ3n) is 4.35. The van der Waals surface area contributed by atoms with Crippen LogP contribution in [0.4, 0.5) is 0 Å². The van der Waals surface area contributed by atoms with Gasteiger partial charge in [0.25, 0.3) is 0 Å². The molecular weight excluding hydrogens is 194 g/mol. The van der Waals surface area contributed by atoms with E-state index < -0.39 is 5.97 Å². The highest BCUT2D eigenvalue weighted by atomic mass is 16.4. The summed E-state index contributed by atoms with van der Waals surface area (Å²) in [5.74, 6) is -0.902. The number of carboxylic acid groups (broad SMARTS) is 1. The molecule has 2 atom stereocenters. The van der Waals surface area contributed by atoms with Crippen molar-refractivity contribution < 1.29 is 14.7 Å². The Morgan fingerprint density at radius 2 is 2.13 bits per heavy atom. The summed E-state index contributed by atoms with van der Waals surface area (Å²) in [5, 5.41) is 8.95. The Kier molecular flexibility index (Phi) is 1.68. The van der Waals surface area contributed by atoms with Gasteiger partial charge in [0.05, 0.1) is 5.92 Å². The van der Waals surface area contributed by atoms with Crippen LogP contribution in [0.3, 0.4) is 0 Å². The molecule has 1 saturated carbocycles. The molecule has 3 aliphatic rings.